The highest BCUT2D eigenvalue weighted by Crippen LogP contribution is 2.56. The molecule has 0 spiro atoms. The zero-order valence-corrected chi connectivity index (χ0v) is 61.5. The molecule has 14 aromatic carbocycles. The molecule has 4 aliphatic carbocycles. The minimum Gasteiger partial charge on any atom is -0.337 e. The van der Waals surface area contributed by atoms with Gasteiger partial charge in [-0.1, -0.05) is 261 Å². The Balaban J connectivity index is 0.672. The molecule has 6 nitrogen and oxygen atoms in total. The Hall–Kier alpha value is -12.5. The van der Waals surface area contributed by atoms with E-state index in [9.17, 15) is 0 Å². The van der Waals surface area contributed by atoms with Crippen molar-refractivity contribution in [2.45, 2.75) is 95.4 Å². The fourth-order valence-electron chi connectivity index (χ4n) is 20.1. The molecule has 2 unspecified atom stereocenters. The Labute approximate surface area is 630 Å². The molecular weight excluding hydrogens is 1310 g/mol. The smallest absolute Gasteiger partial charge is 0.164 e. The average molecular weight is 1390 g/mol. The van der Waals surface area contributed by atoms with Crippen LogP contribution in [-0.2, 0) is 16.2 Å². The van der Waals surface area contributed by atoms with Gasteiger partial charge >= 0.3 is 0 Å². The van der Waals surface area contributed by atoms with Crippen molar-refractivity contribution in [3.05, 3.63) is 342 Å². The lowest BCUT2D eigenvalue weighted by molar-refractivity contribution is 0.402. The van der Waals surface area contributed by atoms with Crippen LogP contribution < -0.4 is 4.90 Å². The Morgan fingerprint density at radius 2 is 0.639 bits per heavy atom. The first-order valence-electron chi connectivity index (χ1n) is 38.6. The fraction of sp³-hybridized carbons (Fsp3) is 0.147. The molecular formula is C102H78N6. The lowest BCUT2D eigenvalue weighted by atomic mass is 9.81. The Morgan fingerprint density at radius 1 is 0.269 bits per heavy atom. The summed E-state index contributed by atoms with van der Waals surface area (Å²) in [5, 5.41) is 4.80. The van der Waals surface area contributed by atoms with Gasteiger partial charge in [-0.3, -0.25) is 0 Å². The first kappa shape index (κ1) is 62.8. The molecule has 516 valence electrons. The summed E-state index contributed by atoms with van der Waals surface area (Å²) in [6, 6.07) is 114. The minimum absolute atomic E-state index is 0.0832. The Kier molecular flexibility index (Phi) is 13.5. The van der Waals surface area contributed by atoms with Gasteiger partial charge in [0.05, 0.1) is 22.1 Å². The minimum atomic E-state index is -0.114. The number of aromatic nitrogens is 5. The number of hydrogen-bond acceptors (Lipinski definition) is 4. The van der Waals surface area contributed by atoms with E-state index in [2.05, 4.69) is 359 Å². The topological polar surface area (TPSA) is 51.8 Å². The fourth-order valence-corrected chi connectivity index (χ4v) is 20.1. The monoisotopic (exact) mass is 1390 g/mol. The van der Waals surface area contributed by atoms with E-state index in [1.165, 1.54) is 158 Å². The first-order chi connectivity index (χ1) is 52.8. The maximum atomic E-state index is 5.58. The molecule has 1 aliphatic heterocycles. The summed E-state index contributed by atoms with van der Waals surface area (Å²) in [6.45, 7) is 14.2. The summed E-state index contributed by atoms with van der Waals surface area (Å²) in [7, 11) is 0. The van der Waals surface area contributed by atoms with Crippen molar-refractivity contribution in [3.63, 3.8) is 0 Å². The number of rotatable bonds is 9. The van der Waals surface area contributed by atoms with Gasteiger partial charge in [0.25, 0.3) is 0 Å². The van der Waals surface area contributed by atoms with Gasteiger partial charge in [-0.15, -0.1) is 0 Å². The summed E-state index contributed by atoms with van der Waals surface area (Å²) in [5.41, 5.74) is 36.5. The molecule has 0 radical (unpaired) electrons. The van der Waals surface area contributed by atoms with Crippen molar-refractivity contribution >= 4 is 55.0 Å². The summed E-state index contributed by atoms with van der Waals surface area (Å²) in [6.07, 6.45) is 4.81. The normalized spacial score (nSPS) is 16.5. The predicted molar refractivity (Wildman–Crippen MR) is 447 cm³/mol. The van der Waals surface area contributed by atoms with E-state index < -0.39 is 0 Å². The molecule has 22 rings (SSSR count). The third kappa shape index (κ3) is 9.28. The third-order valence-electron chi connectivity index (χ3n) is 25.6. The second-order valence-electron chi connectivity index (χ2n) is 32.5. The highest BCUT2D eigenvalue weighted by molar-refractivity contribution is 6.12. The van der Waals surface area contributed by atoms with Gasteiger partial charge in [0.1, 0.15) is 0 Å². The molecule has 108 heavy (non-hydrogen) atoms. The molecule has 17 aromatic rings. The highest BCUT2D eigenvalue weighted by atomic mass is 15.2. The molecule has 6 heteroatoms. The number of nitrogens with zero attached hydrogens (tertiary/aromatic N) is 6. The van der Waals surface area contributed by atoms with E-state index in [-0.39, 0.29) is 16.2 Å². The third-order valence-corrected chi connectivity index (χ3v) is 25.6. The van der Waals surface area contributed by atoms with Crippen LogP contribution in [0.1, 0.15) is 112 Å². The van der Waals surface area contributed by atoms with Crippen LogP contribution in [0.2, 0.25) is 0 Å². The zero-order chi connectivity index (χ0) is 72.1. The molecule has 0 amide bonds. The van der Waals surface area contributed by atoms with E-state index in [0.717, 1.165) is 56.6 Å². The van der Waals surface area contributed by atoms with Crippen molar-refractivity contribution in [1.29, 1.82) is 0 Å². The highest BCUT2D eigenvalue weighted by Gasteiger charge is 2.42. The van der Waals surface area contributed by atoms with Crippen LogP contribution >= 0.6 is 0 Å². The Bertz CT molecular complexity index is 6410. The predicted octanol–water partition coefficient (Wildman–Crippen LogP) is 26.2. The van der Waals surface area contributed by atoms with Gasteiger partial charge in [0, 0.05) is 89.2 Å². The molecule has 3 aromatic heterocycles. The molecule has 4 heterocycles. The standard InChI is InChI=1S/C102H78N6/c1-100(2)85-31-13-7-25-73(85)76-47-39-62(55-88(76)100)65-42-50-82-79-28-10-16-34-91(79)106(94(82)58-65)70-45-37-61(38-46-70)97-103-98(68-21-19-23-71(53-68)107-92-35-17-11-29-80(92)83-51-43-66(59-95(83)107)63-40-48-77-74-26-8-14-32-86(74)101(3,4)89(77)56-63)105-99(104-97)69-22-20-24-72(54-69)108-93-36-18-12-30-81(93)84-52-44-67(60-96(84)108)64-41-49-78-75-27-9-15-33-87(75)102(5,6)90(78)57-64/h7-9,11-15,17-27,29-33,35-60,79,91H,10,16,28,34H2,1-6H3. The molecule has 1 saturated carbocycles. The van der Waals surface area contributed by atoms with Gasteiger partial charge in [-0.2, -0.15) is 0 Å². The number of anilines is 2. The van der Waals surface area contributed by atoms with Gasteiger partial charge in [0.2, 0.25) is 0 Å². The van der Waals surface area contributed by atoms with E-state index in [1.54, 1.807) is 0 Å². The first-order valence-corrected chi connectivity index (χ1v) is 38.6. The molecule has 1 fully saturated rings. The van der Waals surface area contributed by atoms with Crippen LogP contribution in [0.25, 0.3) is 156 Å². The van der Waals surface area contributed by atoms with Crippen molar-refractivity contribution < 1.29 is 0 Å². The number of benzene rings is 14. The van der Waals surface area contributed by atoms with Crippen molar-refractivity contribution in [3.8, 4) is 112 Å². The average Bonchev–Trinajstić information content (AvgIpc) is 1.58. The zero-order valence-electron chi connectivity index (χ0n) is 61.5. The van der Waals surface area contributed by atoms with E-state index in [4.69, 9.17) is 15.0 Å². The Morgan fingerprint density at radius 3 is 1.12 bits per heavy atom. The van der Waals surface area contributed by atoms with Crippen LogP contribution in [0.5, 0.6) is 0 Å². The number of para-hydroxylation sites is 2. The van der Waals surface area contributed by atoms with Crippen molar-refractivity contribution in [2.24, 2.45) is 0 Å². The van der Waals surface area contributed by atoms with E-state index in [1.807, 2.05) is 0 Å². The second-order valence-corrected chi connectivity index (χ2v) is 32.5. The SMILES string of the molecule is CC1(C)c2ccccc2-c2ccc(-c3ccc4c(c3)N(c3ccc(-c5nc(-c6cccc(-n7c8ccccc8c8ccc(-c9ccc%10c(c9)C(C)(C)c9ccccc9-%10)cc87)c6)nc(-c6cccc(-n7c8ccccc8c8ccc(-c9ccc%10c(c9)C(C)(C)c9ccccc9-%10)cc87)c6)n5)cc3)C3CCCCC43)cc21. The molecule has 0 saturated heterocycles. The van der Waals surface area contributed by atoms with E-state index >= 15 is 0 Å². The lowest BCUT2D eigenvalue weighted by Crippen LogP contribution is -2.32. The molecule has 5 aliphatic rings. The van der Waals surface area contributed by atoms with Crippen LogP contribution in [0.15, 0.2) is 303 Å². The van der Waals surface area contributed by atoms with Crippen molar-refractivity contribution in [2.75, 3.05) is 4.90 Å². The summed E-state index contributed by atoms with van der Waals surface area (Å²) >= 11 is 0. The number of fused-ring (bicyclic) bond motifs is 18. The van der Waals surface area contributed by atoms with Crippen LogP contribution in [0.3, 0.4) is 0 Å². The maximum Gasteiger partial charge on any atom is 0.164 e. The van der Waals surface area contributed by atoms with E-state index in [0.29, 0.717) is 29.4 Å². The van der Waals surface area contributed by atoms with Crippen LogP contribution in [0, 0.1) is 0 Å². The number of hydrogen-bond donors (Lipinski definition) is 0. The van der Waals surface area contributed by atoms with Crippen LogP contribution in [0.4, 0.5) is 11.4 Å². The summed E-state index contributed by atoms with van der Waals surface area (Å²) in [4.78, 5) is 19.4. The summed E-state index contributed by atoms with van der Waals surface area (Å²) < 4.78 is 4.86. The van der Waals surface area contributed by atoms with Crippen molar-refractivity contribution in [1.82, 2.24) is 24.1 Å². The van der Waals surface area contributed by atoms with Gasteiger partial charge in [-0.05, 0) is 216 Å². The van der Waals surface area contributed by atoms with Gasteiger partial charge in [0.15, 0.2) is 17.5 Å². The summed E-state index contributed by atoms with van der Waals surface area (Å²) in [5.74, 6) is 2.28. The molecule has 0 N–H and O–H groups in total. The second kappa shape index (κ2) is 23.2. The lowest BCUT2D eigenvalue weighted by Gasteiger charge is -2.33. The van der Waals surface area contributed by atoms with Crippen LogP contribution in [-0.4, -0.2) is 30.1 Å². The quantitative estimate of drug-likeness (QED) is 0.145. The largest absolute Gasteiger partial charge is 0.337 e. The van der Waals surface area contributed by atoms with Gasteiger partial charge < -0.3 is 14.0 Å². The maximum absolute atomic E-state index is 5.58. The molecule has 0 bridgehead atoms. The molecule has 2 atom stereocenters. The van der Waals surface area contributed by atoms with Gasteiger partial charge in [-0.25, -0.2) is 15.0 Å².